The molecule has 0 radical (unpaired) electrons. The molecule has 0 aromatic carbocycles. The third-order valence-corrected chi connectivity index (χ3v) is 4.85. The molecule has 4 heteroatoms. The van der Waals surface area contributed by atoms with Crippen LogP contribution in [0.2, 0.25) is 0 Å². The van der Waals surface area contributed by atoms with Gasteiger partial charge in [0.15, 0.2) is 0 Å². The van der Waals surface area contributed by atoms with Gasteiger partial charge in [-0.15, -0.1) is 0 Å². The summed E-state index contributed by atoms with van der Waals surface area (Å²) >= 11 is 0. The first kappa shape index (κ1) is 23.8. The molecular weight excluding hydrogens is 304 g/mol. The number of hydrogen-bond donors (Lipinski definition) is 4. The zero-order valence-corrected chi connectivity index (χ0v) is 15.8. The zero-order chi connectivity index (χ0) is 18.0. The van der Waals surface area contributed by atoms with E-state index in [2.05, 4.69) is 6.92 Å². The summed E-state index contributed by atoms with van der Waals surface area (Å²) in [6, 6.07) is 0. The van der Waals surface area contributed by atoms with Crippen molar-refractivity contribution in [2.24, 2.45) is 5.92 Å². The van der Waals surface area contributed by atoms with Crippen LogP contribution in [0.3, 0.4) is 0 Å². The zero-order valence-electron chi connectivity index (χ0n) is 15.8. The summed E-state index contributed by atoms with van der Waals surface area (Å²) in [4.78, 5) is 0. The second-order valence-corrected chi connectivity index (χ2v) is 7.33. The SMILES string of the molecule is CCCCCCCCCCCCCC(CC(O)CO)CC(O)CO. The van der Waals surface area contributed by atoms with E-state index in [1.165, 1.54) is 64.2 Å². The minimum atomic E-state index is -0.714. The Morgan fingerprint density at radius 1 is 0.583 bits per heavy atom. The fourth-order valence-electron chi connectivity index (χ4n) is 3.35. The molecule has 0 heterocycles. The van der Waals surface area contributed by atoms with Gasteiger partial charge in [0.25, 0.3) is 0 Å². The molecule has 0 saturated heterocycles. The monoisotopic (exact) mass is 346 g/mol. The predicted octanol–water partition coefficient (Wildman–Crippen LogP) is 3.79. The van der Waals surface area contributed by atoms with Crippen LogP contribution in [-0.2, 0) is 0 Å². The van der Waals surface area contributed by atoms with E-state index in [4.69, 9.17) is 10.2 Å². The van der Waals surface area contributed by atoms with E-state index < -0.39 is 12.2 Å². The number of aliphatic hydroxyl groups excluding tert-OH is 4. The maximum absolute atomic E-state index is 9.60. The molecule has 0 aromatic heterocycles. The maximum Gasteiger partial charge on any atom is 0.0773 e. The third-order valence-electron chi connectivity index (χ3n) is 4.85. The van der Waals surface area contributed by atoms with Crippen LogP contribution < -0.4 is 0 Å². The highest BCUT2D eigenvalue weighted by Gasteiger charge is 2.17. The molecule has 0 saturated carbocycles. The van der Waals surface area contributed by atoms with Crippen LogP contribution in [0.25, 0.3) is 0 Å². The normalized spacial score (nSPS) is 15.4. The number of hydrogen-bond acceptors (Lipinski definition) is 4. The predicted molar refractivity (Wildman–Crippen MR) is 100.0 cm³/mol. The van der Waals surface area contributed by atoms with Crippen molar-refractivity contribution >= 4 is 0 Å². The Morgan fingerprint density at radius 2 is 0.958 bits per heavy atom. The highest BCUT2D eigenvalue weighted by Crippen LogP contribution is 2.22. The average molecular weight is 347 g/mol. The Bertz CT molecular complexity index is 236. The Kier molecular flexibility index (Phi) is 17.5. The van der Waals surface area contributed by atoms with Crippen LogP contribution in [0.15, 0.2) is 0 Å². The van der Waals surface area contributed by atoms with Gasteiger partial charge in [0, 0.05) is 0 Å². The molecule has 0 aliphatic rings. The van der Waals surface area contributed by atoms with Crippen LogP contribution in [0, 0.1) is 5.92 Å². The first-order valence-corrected chi connectivity index (χ1v) is 10.2. The van der Waals surface area contributed by atoms with Gasteiger partial charge in [0.1, 0.15) is 0 Å². The summed E-state index contributed by atoms with van der Waals surface area (Å²) in [6.07, 6.45) is 14.9. The fraction of sp³-hybridized carbons (Fsp3) is 1.00. The molecular formula is C20H42O4. The Morgan fingerprint density at radius 3 is 1.33 bits per heavy atom. The van der Waals surface area contributed by atoms with E-state index in [-0.39, 0.29) is 19.1 Å². The minimum Gasteiger partial charge on any atom is -0.394 e. The molecule has 0 aromatic rings. The Hall–Kier alpha value is -0.160. The average Bonchev–Trinajstić information content (AvgIpc) is 2.59. The van der Waals surface area contributed by atoms with Crippen molar-refractivity contribution in [3.05, 3.63) is 0 Å². The molecule has 2 atom stereocenters. The van der Waals surface area contributed by atoms with Gasteiger partial charge in [0.2, 0.25) is 0 Å². The van der Waals surface area contributed by atoms with Crippen LogP contribution in [0.1, 0.15) is 96.8 Å². The summed E-state index contributed by atoms with van der Waals surface area (Å²) in [5.74, 6) is 0.174. The Labute approximate surface area is 149 Å². The molecule has 0 amide bonds. The lowest BCUT2D eigenvalue weighted by atomic mass is 9.90. The minimum absolute atomic E-state index is 0.174. The van der Waals surface area contributed by atoms with E-state index in [0.29, 0.717) is 12.8 Å². The van der Waals surface area contributed by atoms with Gasteiger partial charge in [-0.3, -0.25) is 0 Å². The van der Waals surface area contributed by atoms with Crippen molar-refractivity contribution in [2.75, 3.05) is 13.2 Å². The summed E-state index contributed by atoms with van der Waals surface area (Å²) < 4.78 is 0. The molecule has 0 aliphatic carbocycles. The molecule has 4 nitrogen and oxygen atoms in total. The molecule has 0 spiro atoms. The van der Waals surface area contributed by atoms with E-state index in [1.54, 1.807) is 0 Å². The van der Waals surface area contributed by atoms with Gasteiger partial charge in [-0.25, -0.2) is 0 Å². The molecule has 2 unspecified atom stereocenters. The summed E-state index contributed by atoms with van der Waals surface area (Å²) in [5, 5.41) is 37.1. The van der Waals surface area contributed by atoms with Crippen molar-refractivity contribution < 1.29 is 20.4 Å². The summed E-state index contributed by atoms with van der Waals surface area (Å²) in [6.45, 7) is 1.79. The van der Waals surface area contributed by atoms with Crippen molar-refractivity contribution in [3.63, 3.8) is 0 Å². The maximum atomic E-state index is 9.60. The van der Waals surface area contributed by atoms with Crippen molar-refractivity contribution in [1.29, 1.82) is 0 Å². The van der Waals surface area contributed by atoms with E-state index >= 15 is 0 Å². The molecule has 0 aliphatic heterocycles. The van der Waals surface area contributed by atoms with Crippen molar-refractivity contribution in [3.8, 4) is 0 Å². The molecule has 0 bridgehead atoms. The second kappa shape index (κ2) is 17.7. The first-order chi connectivity index (χ1) is 11.6. The lowest BCUT2D eigenvalue weighted by Crippen LogP contribution is -2.23. The highest BCUT2D eigenvalue weighted by atomic mass is 16.3. The highest BCUT2D eigenvalue weighted by molar-refractivity contribution is 4.69. The van der Waals surface area contributed by atoms with Gasteiger partial charge in [0.05, 0.1) is 25.4 Å². The van der Waals surface area contributed by atoms with Gasteiger partial charge < -0.3 is 20.4 Å². The molecule has 4 N–H and O–H groups in total. The smallest absolute Gasteiger partial charge is 0.0773 e. The van der Waals surface area contributed by atoms with Gasteiger partial charge >= 0.3 is 0 Å². The van der Waals surface area contributed by atoms with E-state index in [0.717, 1.165) is 12.8 Å². The number of rotatable bonds is 18. The quantitative estimate of drug-likeness (QED) is 0.285. The van der Waals surface area contributed by atoms with Crippen molar-refractivity contribution in [2.45, 2.75) is 109 Å². The largest absolute Gasteiger partial charge is 0.394 e. The second-order valence-electron chi connectivity index (χ2n) is 7.33. The first-order valence-electron chi connectivity index (χ1n) is 10.2. The van der Waals surface area contributed by atoms with Crippen LogP contribution in [0.5, 0.6) is 0 Å². The molecule has 24 heavy (non-hydrogen) atoms. The van der Waals surface area contributed by atoms with Crippen LogP contribution in [-0.4, -0.2) is 45.8 Å². The van der Waals surface area contributed by atoms with Gasteiger partial charge in [-0.2, -0.15) is 0 Å². The standard InChI is InChI=1S/C20H42O4/c1-2-3-4-5-6-7-8-9-10-11-12-13-18(14-19(23)16-21)15-20(24)17-22/h18-24H,2-17H2,1H3. The summed E-state index contributed by atoms with van der Waals surface area (Å²) in [5.41, 5.74) is 0. The third kappa shape index (κ3) is 15.4. The topological polar surface area (TPSA) is 80.9 Å². The number of aliphatic hydroxyl groups is 4. The molecule has 0 fully saturated rings. The van der Waals surface area contributed by atoms with Crippen LogP contribution >= 0.6 is 0 Å². The van der Waals surface area contributed by atoms with E-state index in [9.17, 15) is 10.2 Å². The van der Waals surface area contributed by atoms with Crippen molar-refractivity contribution in [1.82, 2.24) is 0 Å². The summed E-state index contributed by atoms with van der Waals surface area (Å²) in [7, 11) is 0. The fourth-order valence-corrected chi connectivity index (χ4v) is 3.35. The molecule has 0 rings (SSSR count). The molecule has 146 valence electrons. The van der Waals surface area contributed by atoms with E-state index in [1.807, 2.05) is 0 Å². The number of unbranched alkanes of at least 4 members (excludes halogenated alkanes) is 10. The lowest BCUT2D eigenvalue weighted by Gasteiger charge is -2.21. The van der Waals surface area contributed by atoms with Gasteiger partial charge in [-0.05, 0) is 18.8 Å². The van der Waals surface area contributed by atoms with Crippen LogP contribution in [0.4, 0.5) is 0 Å². The van der Waals surface area contributed by atoms with Gasteiger partial charge in [-0.1, -0.05) is 84.0 Å². The lowest BCUT2D eigenvalue weighted by molar-refractivity contribution is 0.0418. The Balaban J connectivity index is 3.61.